The van der Waals surface area contributed by atoms with Gasteiger partial charge >= 0.3 is 0 Å². The smallest absolute Gasteiger partial charge is 0.0251 e. The Morgan fingerprint density at radius 3 is 2.47 bits per heavy atom. The molecule has 1 aliphatic carbocycles. The van der Waals surface area contributed by atoms with Gasteiger partial charge in [-0.2, -0.15) is 0 Å². The topological polar surface area (TPSA) is 15.3 Å². The first kappa shape index (κ1) is 11.4. The number of rotatable bonds is 2. The molecule has 2 nitrogen and oxygen atoms in total. The lowest BCUT2D eigenvalue weighted by molar-refractivity contribution is 0.124. The summed E-state index contributed by atoms with van der Waals surface area (Å²) in [5.41, 5.74) is 0. The second kappa shape index (κ2) is 4.84. The fourth-order valence-corrected chi connectivity index (χ4v) is 3.36. The minimum Gasteiger partial charge on any atom is -0.315 e. The van der Waals surface area contributed by atoms with Gasteiger partial charge in [-0.15, -0.1) is 0 Å². The number of nitrogens with one attached hydrogen (secondary N) is 1. The summed E-state index contributed by atoms with van der Waals surface area (Å²) < 4.78 is 0. The summed E-state index contributed by atoms with van der Waals surface area (Å²) in [6.07, 6.45) is 5.58. The fraction of sp³-hybridized carbons (Fsp3) is 1.00. The maximum absolute atomic E-state index is 3.52. The second-order valence-electron chi connectivity index (χ2n) is 5.77. The Hall–Kier alpha value is -0.0800. The van der Waals surface area contributed by atoms with Gasteiger partial charge in [0, 0.05) is 18.6 Å². The van der Waals surface area contributed by atoms with Crippen LogP contribution in [0.25, 0.3) is 0 Å². The molecule has 0 amide bonds. The number of likely N-dealkylation sites (N-methyl/N-ethyl adjacent to an activating group) is 1. The third-order valence-corrected chi connectivity index (χ3v) is 4.37. The molecule has 15 heavy (non-hydrogen) atoms. The summed E-state index contributed by atoms with van der Waals surface area (Å²) in [5, 5.41) is 3.52. The number of hydrogen-bond donors (Lipinski definition) is 1. The fourth-order valence-electron chi connectivity index (χ4n) is 3.36. The normalized spacial score (nSPS) is 43.4. The molecule has 2 heteroatoms. The summed E-state index contributed by atoms with van der Waals surface area (Å²) >= 11 is 0. The molecule has 2 aliphatic rings. The van der Waals surface area contributed by atoms with E-state index in [9.17, 15) is 0 Å². The number of nitrogens with zero attached hydrogens (tertiary/aromatic N) is 1. The Kier molecular flexibility index (Phi) is 3.68. The van der Waals surface area contributed by atoms with Crippen LogP contribution >= 0.6 is 0 Å². The van der Waals surface area contributed by atoms with E-state index in [4.69, 9.17) is 0 Å². The minimum absolute atomic E-state index is 0.742. The molecule has 0 bridgehead atoms. The van der Waals surface area contributed by atoms with Gasteiger partial charge in [-0.25, -0.2) is 0 Å². The van der Waals surface area contributed by atoms with Crippen LogP contribution in [0.15, 0.2) is 0 Å². The quantitative estimate of drug-likeness (QED) is 0.751. The average Bonchev–Trinajstić information content (AvgIpc) is 2.65. The summed E-state index contributed by atoms with van der Waals surface area (Å²) in [6.45, 7) is 7.46. The van der Waals surface area contributed by atoms with E-state index in [1.54, 1.807) is 0 Å². The first-order valence-corrected chi connectivity index (χ1v) is 6.62. The SMILES string of the molecule is CNC1CCC(C)CC1N1CCC(C)C1. The highest BCUT2D eigenvalue weighted by Crippen LogP contribution is 2.30. The molecule has 0 spiro atoms. The van der Waals surface area contributed by atoms with Crippen molar-refractivity contribution in [1.82, 2.24) is 10.2 Å². The molecular formula is C13H26N2. The van der Waals surface area contributed by atoms with E-state index in [1.807, 2.05) is 0 Å². The standard InChI is InChI=1S/C13H26N2/c1-10-4-5-12(14-3)13(8-10)15-7-6-11(2)9-15/h10-14H,4-9H2,1-3H3. The molecule has 88 valence electrons. The van der Waals surface area contributed by atoms with E-state index in [1.165, 1.54) is 38.8 Å². The van der Waals surface area contributed by atoms with Crippen LogP contribution in [0.2, 0.25) is 0 Å². The average molecular weight is 210 g/mol. The van der Waals surface area contributed by atoms with E-state index in [0.717, 1.165) is 23.9 Å². The first-order valence-electron chi connectivity index (χ1n) is 6.62. The van der Waals surface area contributed by atoms with Gasteiger partial charge in [0.25, 0.3) is 0 Å². The molecule has 4 unspecified atom stereocenters. The molecule has 2 rings (SSSR count). The summed E-state index contributed by atoms with van der Waals surface area (Å²) in [6, 6.07) is 1.55. The highest BCUT2D eigenvalue weighted by molar-refractivity contribution is 4.92. The zero-order valence-corrected chi connectivity index (χ0v) is 10.5. The third-order valence-electron chi connectivity index (χ3n) is 4.37. The van der Waals surface area contributed by atoms with Crippen molar-refractivity contribution < 1.29 is 0 Å². The van der Waals surface area contributed by atoms with Gasteiger partial charge in [-0.3, -0.25) is 4.90 Å². The Balaban J connectivity index is 1.97. The predicted octanol–water partition coefficient (Wildman–Crippen LogP) is 2.10. The van der Waals surface area contributed by atoms with Crippen LogP contribution in [0, 0.1) is 11.8 Å². The Labute approximate surface area is 94.4 Å². The van der Waals surface area contributed by atoms with Gasteiger partial charge < -0.3 is 5.32 Å². The molecule has 1 N–H and O–H groups in total. The molecule has 1 saturated heterocycles. The lowest BCUT2D eigenvalue weighted by atomic mass is 9.82. The van der Waals surface area contributed by atoms with Crippen molar-refractivity contribution in [2.75, 3.05) is 20.1 Å². The van der Waals surface area contributed by atoms with Crippen molar-refractivity contribution in [1.29, 1.82) is 0 Å². The molecule has 2 fully saturated rings. The van der Waals surface area contributed by atoms with Crippen molar-refractivity contribution in [3.05, 3.63) is 0 Å². The zero-order valence-electron chi connectivity index (χ0n) is 10.5. The van der Waals surface area contributed by atoms with Crippen molar-refractivity contribution in [2.45, 2.75) is 51.6 Å². The van der Waals surface area contributed by atoms with E-state index < -0.39 is 0 Å². The molecule has 0 aromatic rings. The maximum atomic E-state index is 3.52. The monoisotopic (exact) mass is 210 g/mol. The Bertz CT molecular complexity index is 205. The summed E-state index contributed by atoms with van der Waals surface area (Å²) in [4.78, 5) is 2.74. The van der Waals surface area contributed by atoms with E-state index in [-0.39, 0.29) is 0 Å². The lowest BCUT2D eigenvalue weighted by Gasteiger charge is -2.40. The van der Waals surface area contributed by atoms with Crippen LogP contribution in [0.3, 0.4) is 0 Å². The van der Waals surface area contributed by atoms with Gasteiger partial charge in [0.05, 0.1) is 0 Å². The zero-order chi connectivity index (χ0) is 10.8. The summed E-state index contributed by atoms with van der Waals surface area (Å²) in [5.74, 6) is 1.84. The van der Waals surface area contributed by atoms with Crippen LogP contribution < -0.4 is 5.32 Å². The molecule has 0 aromatic carbocycles. The largest absolute Gasteiger partial charge is 0.315 e. The van der Waals surface area contributed by atoms with Crippen molar-refractivity contribution >= 4 is 0 Å². The molecular weight excluding hydrogens is 184 g/mol. The second-order valence-corrected chi connectivity index (χ2v) is 5.77. The highest BCUT2D eigenvalue weighted by Gasteiger charge is 2.34. The minimum atomic E-state index is 0.742. The molecule has 1 aliphatic heterocycles. The molecule has 1 saturated carbocycles. The van der Waals surface area contributed by atoms with Crippen LogP contribution in [-0.4, -0.2) is 37.1 Å². The first-order chi connectivity index (χ1) is 7.20. The van der Waals surface area contributed by atoms with Crippen molar-refractivity contribution in [3.8, 4) is 0 Å². The van der Waals surface area contributed by atoms with Crippen molar-refractivity contribution in [3.63, 3.8) is 0 Å². The molecule has 1 heterocycles. The van der Waals surface area contributed by atoms with Gasteiger partial charge in [0.2, 0.25) is 0 Å². The van der Waals surface area contributed by atoms with Gasteiger partial charge in [0.15, 0.2) is 0 Å². The van der Waals surface area contributed by atoms with Crippen LogP contribution in [0.4, 0.5) is 0 Å². The molecule has 0 aromatic heterocycles. The Morgan fingerprint density at radius 1 is 1.07 bits per heavy atom. The van der Waals surface area contributed by atoms with E-state index in [2.05, 4.69) is 31.1 Å². The summed E-state index contributed by atoms with van der Waals surface area (Å²) in [7, 11) is 2.13. The number of hydrogen-bond acceptors (Lipinski definition) is 2. The molecule has 4 atom stereocenters. The van der Waals surface area contributed by atoms with Gasteiger partial charge in [-0.05, 0) is 51.1 Å². The maximum Gasteiger partial charge on any atom is 0.0251 e. The number of likely N-dealkylation sites (tertiary alicyclic amines) is 1. The van der Waals surface area contributed by atoms with Crippen molar-refractivity contribution in [2.24, 2.45) is 11.8 Å². The van der Waals surface area contributed by atoms with Crippen LogP contribution in [0.1, 0.15) is 39.5 Å². The van der Waals surface area contributed by atoms with Crippen LogP contribution in [0.5, 0.6) is 0 Å². The van der Waals surface area contributed by atoms with Gasteiger partial charge in [-0.1, -0.05) is 13.8 Å². The van der Waals surface area contributed by atoms with Crippen LogP contribution in [-0.2, 0) is 0 Å². The van der Waals surface area contributed by atoms with Gasteiger partial charge in [0.1, 0.15) is 0 Å². The lowest BCUT2D eigenvalue weighted by Crippen LogP contribution is -2.51. The van der Waals surface area contributed by atoms with E-state index >= 15 is 0 Å². The Morgan fingerprint density at radius 2 is 1.87 bits per heavy atom. The highest BCUT2D eigenvalue weighted by atomic mass is 15.2. The third kappa shape index (κ3) is 2.54. The predicted molar refractivity (Wildman–Crippen MR) is 65.0 cm³/mol. The molecule has 0 radical (unpaired) electrons. The van der Waals surface area contributed by atoms with E-state index in [0.29, 0.717) is 0 Å².